The maximum absolute atomic E-state index is 12.7. The van der Waals surface area contributed by atoms with Gasteiger partial charge in [-0.3, -0.25) is 4.79 Å². The molecular formula is C13H22N2O3S. The molecule has 0 aliphatic carbocycles. The summed E-state index contributed by atoms with van der Waals surface area (Å²) in [6.07, 6.45) is 1.92. The van der Waals surface area contributed by atoms with Crippen LogP contribution in [0.3, 0.4) is 0 Å². The highest BCUT2D eigenvalue weighted by Gasteiger charge is 2.47. The summed E-state index contributed by atoms with van der Waals surface area (Å²) in [7, 11) is 0. The molecule has 19 heavy (non-hydrogen) atoms. The smallest absolute Gasteiger partial charge is 0.233 e. The van der Waals surface area contributed by atoms with Crippen LogP contribution in [0, 0.1) is 5.41 Å². The molecule has 0 bridgehead atoms. The van der Waals surface area contributed by atoms with Crippen LogP contribution in [-0.4, -0.2) is 42.4 Å². The van der Waals surface area contributed by atoms with E-state index in [4.69, 9.17) is 27.4 Å². The second-order valence-electron chi connectivity index (χ2n) is 5.69. The lowest BCUT2D eigenvalue weighted by atomic mass is 9.78. The number of thiocarbonyl (C=S) groups is 1. The predicted molar refractivity (Wildman–Crippen MR) is 75.9 cm³/mol. The predicted octanol–water partition coefficient (Wildman–Crippen LogP) is 0.753. The average Bonchev–Trinajstić information content (AvgIpc) is 2.70. The second-order valence-corrected chi connectivity index (χ2v) is 6.13. The molecule has 2 rings (SSSR count). The van der Waals surface area contributed by atoms with E-state index in [1.54, 1.807) is 0 Å². The van der Waals surface area contributed by atoms with Crippen LogP contribution in [0.15, 0.2) is 0 Å². The summed E-state index contributed by atoms with van der Waals surface area (Å²) in [6.45, 7) is 5.70. The van der Waals surface area contributed by atoms with E-state index in [0.717, 1.165) is 6.42 Å². The number of nitrogens with one attached hydrogen (secondary N) is 1. The number of carbonyl (C=O) groups is 1. The molecule has 2 heterocycles. The lowest BCUT2D eigenvalue weighted by molar-refractivity contribution is -0.134. The summed E-state index contributed by atoms with van der Waals surface area (Å²) in [5, 5.41) is 3.11. The zero-order valence-electron chi connectivity index (χ0n) is 11.5. The minimum absolute atomic E-state index is 0.000290. The van der Waals surface area contributed by atoms with Gasteiger partial charge in [-0.15, -0.1) is 0 Å². The molecule has 0 aromatic heterocycles. The Morgan fingerprint density at radius 1 is 1.32 bits per heavy atom. The fraction of sp³-hybridized carbons (Fsp3) is 0.846. The SMILES string of the molecule is CC1OCCC1(C)NC(=O)C1(C(N)=S)CCOCC1. The Labute approximate surface area is 119 Å². The van der Waals surface area contributed by atoms with Gasteiger partial charge in [-0.2, -0.15) is 0 Å². The van der Waals surface area contributed by atoms with E-state index in [-0.39, 0.29) is 22.5 Å². The molecule has 2 aliphatic heterocycles. The average molecular weight is 286 g/mol. The first kappa shape index (κ1) is 14.7. The molecule has 0 radical (unpaired) electrons. The number of hydrogen-bond donors (Lipinski definition) is 2. The molecule has 2 saturated heterocycles. The van der Waals surface area contributed by atoms with Gasteiger partial charge in [0.05, 0.1) is 16.6 Å². The number of carbonyl (C=O) groups excluding carboxylic acids is 1. The summed E-state index contributed by atoms with van der Waals surface area (Å²) in [4.78, 5) is 12.9. The first-order valence-electron chi connectivity index (χ1n) is 6.73. The minimum atomic E-state index is -0.765. The van der Waals surface area contributed by atoms with Gasteiger partial charge in [0.15, 0.2) is 0 Å². The molecular weight excluding hydrogens is 264 g/mol. The van der Waals surface area contributed by atoms with Crippen molar-refractivity contribution in [2.24, 2.45) is 11.1 Å². The van der Waals surface area contributed by atoms with Gasteiger partial charge in [-0.05, 0) is 33.1 Å². The van der Waals surface area contributed by atoms with Gasteiger partial charge in [-0.25, -0.2) is 0 Å². The molecule has 0 aromatic rings. The Balaban J connectivity index is 2.14. The van der Waals surface area contributed by atoms with Gasteiger partial charge in [0.2, 0.25) is 5.91 Å². The summed E-state index contributed by atoms with van der Waals surface area (Å²) in [5.41, 5.74) is 4.73. The topological polar surface area (TPSA) is 73.6 Å². The monoisotopic (exact) mass is 286 g/mol. The Morgan fingerprint density at radius 3 is 2.42 bits per heavy atom. The van der Waals surface area contributed by atoms with Gasteiger partial charge in [0, 0.05) is 19.8 Å². The van der Waals surface area contributed by atoms with Crippen molar-refractivity contribution in [2.45, 2.75) is 44.8 Å². The zero-order chi connectivity index (χ0) is 14.1. The van der Waals surface area contributed by atoms with Crippen LogP contribution in [0.1, 0.15) is 33.1 Å². The highest BCUT2D eigenvalue weighted by Crippen LogP contribution is 2.34. The third-order valence-corrected chi connectivity index (χ3v) is 4.93. The summed E-state index contributed by atoms with van der Waals surface area (Å²) >= 11 is 5.14. The fourth-order valence-corrected chi connectivity index (χ4v) is 2.98. The molecule has 5 nitrogen and oxygen atoms in total. The van der Waals surface area contributed by atoms with E-state index in [1.165, 1.54) is 0 Å². The van der Waals surface area contributed by atoms with Crippen molar-refractivity contribution in [1.82, 2.24) is 5.32 Å². The number of hydrogen-bond acceptors (Lipinski definition) is 4. The molecule has 108 valence electrons. The van der Waals surface area contributed by atoms with Gasteiger partial charge in [0.25, 0.3) is 0 Å². The third-order valence-electron chi connectivity index (χ3n) is 4.54. The van der Waals surface area contributed by atoms with E-state index in [2.05, 4.69) is 5.32 Å². The second kappa shape index (κ2) is 5.34. The summed E-state index contributed by atoms with van der Waals surface area (Å²) in [5.74, 6) is -0.0804. The van der Waals surface area contributed by atoms with Gasteiger partial charge in [-0.1, -0.05) is 12.2 Å². The van der Waals surface area contributed by atoms with Gasteiger partial charge in [0.1, 0.15) is 5.41 Å². The highest BCUT2D eigenvalue weighted by molar-refractivity contribution is 7.80. The molecule has 2 aliphatic rings. The van der Waals surface area contributed by atoms with E-state index in [1.807, 2.05) is 13.8 Å². The van der Waals surface area contributed by atoms with Crippen LogP contribution >= 0.6 is 12.2 Å². The van der Waals surface area contributed by atoms with Crippen molar-refractivity contribution in [3.8, 4) is 0 Å². The van der Waals surface area contributed by atoms with Crippen LogP contribution in [0.25, 0.3) is 0 Å². The fourth-order valence-electron chi connectivity index (χ4n) is 2.68. The quantitative estimate of drug-likeness (QED) is 0.749. The third kappa shape index (κ3) is 2.61. The number of amides is 1. The van der Waals surface area contributed by atoms with Crippen molar-refractivity contribution in [3.63, 3.8) is 0 Å². The Kier molecular flexibility index (Phi) is 4.13. The molecule has 0 saturated carbocycles. The number of nitrogens with two attached hydrogens (primary N) is 1. The van der Waals surface area contributed by atoms with Crippen molar-refractivity contribution < 1.29 is 14.3 Å². The molecule has 2 atom stereocenters. The van der Waals surface area contributed by atoms with Crippen LogP contribution in [0.2, 0.25) is 0 Å². The van der Waals surface area contributed by atoms with Crippen molar-refractivity contribution in [3.05, 3.63) is 0 Å². The Morgan fingerprint density at radius 2 is 1.95 bits per heavy atom. The lowest BCUT2D eigenvalue weighted by Crippen LogP contribution is -2.59. The molecule has 0 spiro atoms. The van der Waals surface area contributed by atoms with E-state index < -0.39 is 5.41 Å². The molecule has 3 N–H and O–H groups in total. The van der Waals surface area contributed by atoms with Gasteiger partial charge < -0.3 is 20.5 Å². The van der Waals surface area contributed by atoms with Crippen LogP contribution < -0.4 is 11.1 Å². The largest absolute Gasteiger partial charge is 0.392 e. The number of ether oxygens (including phenoxy) is 2. The molecule has 0 aromatic carbocycles. The Bertz CT molecular complexity index is 382. The molecule has 2 unspecified atom stereocenters. The maximum atomic E-state index is 12.7. The highest BCUT2D eigenvalue weighted by atomic mass is 32.1. The summed E-state index contributed by atoms with van der Waals surface area (Å²) in [6, 6.07) is 0. The normalized spacial score (nSPS) is 33.9. The Hall–Kier alpha value is -0.720. The first-order chi connectivity index (χ1) is 8.91. The van der Waals surface area contributed by atoms with E-state index >= 15 is 0 Å². The standard InChI is InChI=1S/C13H22N2O3S/c1-9-12(2,3-8-18-9)15-11(16)13(10(14)19)4-6-17-7-5-13/h9H,3-8H2,1-2H3,(H2,14,19)(H,15,16). The van der Waals surface area contributed by atoms with Gasteiger partial charge >= 0.3 is 0 Å². The first-order valence-corrected chi connectivity index (χ1v) is 7.13. The van der Waals surface area contributed by atoms with Crippen molar-refractivity contribution in [2.75, 3.05) is 19.8 Å². The summed E-state index contributed by atoms with van der Waals surface area (Å²) < 4.78 is 10.9. The number of rotatable bonds is 3. The zero-order valence-corrected chi connectivity index (χ0v) is 12.3. The van der Waals surface area contributed by atoms with Crippen molar-refractivity contribution >= 4 is 23.1 Å². The maximum Gasteiger partial charge on any atom is 0.233 e. The van der Waals surface area contributed by atoms with Crippen LogP contribution in [-0.2, 0) is 14.3 Å². The minimum Gasteiger partial charge on any atom is -0.392 e. The lowest BCUT2D eigenvalue weighted by Gasteiger charge is -2.38. The molecule has 6 heteroatoms. The van der Waals surface area contributed by atoms with Crippen LogP contribution in [0.4, 0.5) is 0 Å². The van der Waals surface area contributed by atoms with E-state index in [0.29, 0.717) is 32.7 Å². The van der Waals surface area contributed by atoms with E-state index in [9.17, 15) is 4.79 Å². The van der Waals surface area contributed by atoms with Crippen molar-refractivity contribution in [1.29, 1.82) is 0 Å². The molecule has 1 amide bonds. The van der Waals surface area contributed by atoms with Crippen LogP contribution in [0.5, 0.6) is 0 Å². The molecule has 2 fully saturated rings.